The topological polar surface area (TPSA) is 18.5 Å². The maximum absolute atomic E-state index is 5.53. The van der Waals surface area contributed by atoms with E-state index in [1.807, 2.05) is 0 Å². The minimum absolute atomic E-state index is 0.386. The molecule has 2 nitrogen and oxygen atoms in total. The first kappa shape index (κ1) is 9.01. The summed E-state index contributed by atoms with van der Waals surface area (Å²) in [6.07, 6.45) is 1.51. The van der Waals surface area contributed by atoms with Crippen LogP contribution in [0.15, 0.2) is 0 Å². The zero-order valence-electron chi connectivity index (χ0n) is 7.72. The summed E-state index contributed by atoms with van der Waals surface area (Å²) < 4.78 is 10.5. The van der Waals surface area contributed by atoms with Crippen LogP contribution in [0.2, 0.25) is 0 Å². The van der Waals surface area contributed by atoms with E-state index in [2.05, 4.69) is 20.8 Å². The molecule has 0 atom stereocenters. The molecule has 0 amide bonds. The van der Waals surface area contributed by atoms with Gasteiger partial charge in [0.2, 0.25) is 0 Å². The standard InChI is InChI=1S/C9H18O2/c1-9(2,3)4-5-11-8-6-10-7-8/h8H,4-7H2,1-3H3. The molecule has 66 valence electrons. The average molecular weight is 158 g/mol. The highest BCUT2D eigenvalue weighted by Gasteiger charge is 2.19. The predicted octanol–water partition coefficient (Wildman–Crippen LogP) is 1.84. The molecule has 0 aliphatic carbocycles. The van der Waals surface area contributed by atoms with Crippen LogP contribution < -0.4 is 0 Å². The van der Waals surface area contributed by atoms with Crippen molar-refractivity contribution < 1.29 is 9.47 Å². The number of rotatable bonds is 3. The molecule has 0 spiro atoms. The Morgan fingerprint density at radius 3 is 2.36 bits per heavy atom. The van der Waals surface area contributed by atoms with Crippen molar-refractivity contribution in [3.05, 3.63) is 0 Å². The fraction of sp³-hybridized carbons (Fsp3) is 1.00. The van der Waals surface area contributed by atoms with Crippen LogP contribution >= 0.6 is 0 Å². The molecule has 0 N–H and O–H groups in total. The maximum Gasteiger partial charge on any atom is 0.104 e. The Kier molecular flexibility index (Phi) is 2.90. The lowest BCUT2D eigenvalue weighted by Gasteiger charge is -2.27. The second-order valence-corrected chi connectivity index (χ2v) is 4.34. The van der Waals surface area contributed by atoms with Gasteiger partial charge in [-0.05, 0) is 11.8 Å². The Balaban J connectivity index is 1.95. The number of hydrogen-bond acceptors (Lipinski definition) is 2. The van der Waals surface area contributed by atoms with Gasteiger partial charge in [0.15, 0.2) is 0 Å². The van der Waals surface area contributed by atoms with Crippen LogP contribution in [-0.4, -0.2) is 25.9 Å². The van der Waals surface area contributed by atoms with Gasteiger partial charge in [0.25, 0.3) is 0 Å². The lowest BCUT2D eigenvalue weighted by Crippen LogP contribution is -2.36. The van der Waals surface area contributed by atoms with E-state index in [1.54, 1.807) is 0 Å². The lowest BCUT2D eigenvalue weighted by molar-refractivity contribution is -0.132. The highest BCUT2D eigenvalue weighted by molar-refractivity contribution is 4.66. The Morgan fingerprint density at radius 2 is 2.00 bits per heavy atom. The summed E-state index contributed by atoms with van der Waals surface area (Å²) >= 11 is 0. The zero-order chi connectivity index (χ0) is 8.32. The molecule has 0 bridgehead atoms. The van der Waals surface area contributed by atoms with Crippen molar-refractivity contribution in [1.29, 1.82) is 0 Å². The van der Waals surface area contributed by atoms with Gasteiger partial charge in [-0.1, -0.05) is 20.8 Å². The Hall–Kier alpha value is -0.0800. The Morgan fingerprint density at radius 1 is 1.36 bits per heavy atom. The van der Waals surface area contributed by atoms with Crippen molar-refractivity contribution in [1.82, 2.24) is 0 Å². The first-order valence-corrected chi connectivity index (χ1v) is 4.27. The molecule has 1 aliphatic rings. The van der Waals surface area contributed by atoms with E-state index in [0.717, 1.165) is 26.2 Å². The van der Waals surface area contributed by atoms with Gasteiger partial charge in [-0.15, -0.1) is 0 Å². The summed E-state index contributed by atoms with van der Waals surface area (Å²) in [7, 11) is 0. The molecular formula is C9H18O2. The molecule has 11 heavy (non-hydrogen) atoms. The quantitative estimate of drug-likeness (QED) is 0.624. The van der Waals surface area contributed by atoms with Crippen molar-refractivity contribution in [3.8, 4) is 0 Å². The molecule has 2 heteroatoms. The summed E-state index contributed by atoms with van der Waals surface area (Å²) in [6, 6.07) is 0. The van der Waals surface area contributed by atoms with Gasteiger partial charge < -0.3 is 9.47 Å². The van der Waals surface area contributed by atoms with Gasteiger partial charge in [-0.2, -0.15) is 0 Å². The van der Waals surface area contributed by atoms with E-state index in [4.69, 9.17) is 9.47 Å². The van der Waals surface area contributed by atoms with Crippen molar-refractivity contribution in [3.63, 3.8) is 0 Å². The summed E-state index contributed by atoms with van der Waals surface area (Å²) in [6.45, 7) is 9.15. The van der Waals surface area contributed by atoms with Crippen LogP contribution in [0.5, 0.6) is 0 Å². The SMILES string of the molecule is CC(C)(C)CCOC1COC1. The van der Waals surface area contributed by atoms with Crippen LogP contribution in [0.25, 0.3) is 0 Å². The van der Waals surface area contributed by atoms with Gasteiger partial charge in [0, 0.05) is 6.61 Å². The van der Waals surface area contributed by atoms with Gasteiger partial charge in [-0.25, -0.2) is 0 Å². The third-order valence-corrected chi connectivity index (χ3v) is 1.81. The molecule has 1 rings (SSSR count). The summed E-state index contributed by atoms with van der Waals surface area (Å²) in [5, 5.41) is 0. The fourth-order valence-electron chi connectivity index (χ4n) is 0.842. The third-order valence-electron chi connectivity index (χ3n) is 1.81. The normalized spacial score (nSPS) is 19.9. The first-order chi connectivity index (χ1) is 5.08. The van der Waals surface area contributed by atoms with Crippen LogP contribution in [-0.2, 0) is 9.47 Å². The molecule has 0 saturated carbocycles. The largest absolute Gasteiger partial charge is 0.376 e. The van der Waals surface area contributed by atoms with Gasteiger partial charge in [0.05, 0.1) is 13.2 Å². The van der Waals surface area contributed by atoms with Crippen LogP contribution in [0.1, 0.15) is 27.2 Å². The van der Waals surface area contributed by atoms with Crippen LogP contribution in [0.3, 0.4) is 0 Å². The van der Waals surface area contributed by atoms with E-state index in [9.17, 15) is 0 Å². The molecule has 1 heterocycles. The number of hydrogen-bond donors (Lipinski definition) is 0. The van der Waals surface area contributed by atoms with Crippen molar-refractivity contribution >= 4 is 0 Å². The first-order valence-electron chi connectivity index (χ1n) is 4.27. The minimum atomic E-state index is 0.386. The predicted molar refractivity (Wildman–Crippen MR) is 44.6 cm³/mol. The van der Waals surface area contributed by atoms with Crippen LogP contribution in [0, 0.1) is 5.41 Å². The second kappa shape index (κ2) is 3.55. The van der Waals surface area contributed by atoms with E-state index in [-0.39, 0.29) is 0 Å². The van der Waals surface area contributed by atoms with E-state index in [1.165, 1.54) is 0 Å². The molecule has 0 unspecified atom stereocenters. The van der Waals surface area contributed by atoms with Crippen molar-refractivity contribution in [2.45, 2.75) is 33.3 Å². The molecule has 1 aliphatic heterocycles. The zero-order valence-corrected chi connectivity index (χ0v) is 7.72. The Bertz CT molecular complexity index is 111. The minimum Gasteiger partial charge on any atom is -0.376 e. The van der Waals surface area contributed by atoms with Gasteiger partial charge in [-0.3, -0.25) is 0 Å². The summed E-state index contributed by atoms with van der Waals surface area (Å²) in [5.74, 6) is 0. The molecule has 1 fully saturated rings. The van der Waals surface area contributed by atoms with E-state index in [0.29, 0.717) is 11.5 Å². The average Bonchev–Trinajstić information content (AvgIpc) is 1.73. The Labute approximate surface area is 68.9 Å². The second-order valence-electron chi connectivity index (χ2n) is 4.34. The smallest absolute Gasteiger partial charge is 0.104 e. The monoisotopic (exact) mass is 158 g/mol. The number of ether oxygens (including phenoxy) is 2. The van der Waals surface area contributed by atoms with Gasteiger partial charge >= 0.3 is 0 Å². The molecule has 0 aromatic carbocycles. The molecule has 0 aromatic rings. The molecule has 1 saturated heterocycles. The van der Waals surface area contributed by atoms with E-state index >= 15 is 0 Å². The fourth-order valence-corrected chi connectivity index (χ4v) is 0.842. The molecule has 0 aromatic heterocycles. The molecular weight excluding hydrogens is 140 g/mol. The van der Waals surface area contributed by atoms with Crippen molar-refractivity contribution in [2.24, 2.45) is 5.41 Å². The van der Waals surface area contributed by atoms with Crippen LogP contribution in [0.4, 0.5) is 0 Å². The summed E-state index contributed by atoms with van der Waals surface area (Å²) in [4.78, 5) is 0. The highest BCUT2D eigenvalue weighted by atomic mass is 16.6. The van der Waals surface area contributed by atoms with Crippen molar-refractivity contribution in [2.75, 3.05) is 19.8 Å². The lowest BCUT2D eigenvalue weighted by atomic mass is 9.93. The summed E-state index contributed by atoms with van der Waals surface area (Å²) in [5.41, 5.74) is 0.393. The third kappa shape index (κ3) is 3.73. The maximum atomic E-state index is 5.53. The van der Waals surface area contributed by atoms with E-state index < -0.39 is 0 Å². The highest BCUT2D eigenvalue weighted by Crippen LogP contribution is 2.19. The molecule has 0 radical (unpaired) electrons. The van der Waals surface area contributed by atoms with Gasteiger partial charge in [0.1, 0.15) is 6.10 Å².